The van der Waals surface area contributed by atoms with Gasteiger partial charge in [-0.1, -0.05) is 65.9 Å². The normalized spacial score (nSPS) is 11.4. The average Bonchev–Trinajstić information content (AvgIpc) is 3.32. The maximum Gasteiger partial charge on any atom is 0.260 e. The van der Waals surface area contributed by atoms with E-state index in [2.05, 4.69) is 59.4 Å². The quantitative estimate of drug-likeness (QED) is 0.333. The van der Waals surface area contributed by atoms with Gasteiger partial charge in [0.1, 0.15) is 10.7 Å². The van der Waals surface area contributed by atoms with E-state index in [4.69, 9.17) is 4.98 Å². The first-order valence-electron chi connectivity index (χ1n) is 10.6. The SMILES string of the molecule is Cc1ccc(-c2c(C)sc3nc(CSc4nnc(-c5ccccc5C)n4C)[nH]c(=O)c23)cc1. The molecule has 0 spiro atoms. The number of nitrogens with zero attached hydrogens (tertiary/aromatic N) is 4. The molecule has 33 heavy (non-hydrogen) atoms. The van der Waals surface area contributed by atoms with Gasteiger partial charge < -0.3 is 9.55 Å². The molecule has 3 aromatic heterocycles. The van der Waals surface area contributed by atoms with Gasteiger partial charge in [0.25, 0.3) is 5.56 Å². The van der Waals surface area contributed by atoms with Crippen LogP contribution in [-0.4, -0.2) is 24.7 Å². The molecule has 0 atom stereocenters. The minimum absolute atomic E-state index is 0.103. The Hall–Kier alpha value is -3.23. The van der Waals surface area contributed by atoms with Crippen molar-refractivity contribution in [3.8, 4) is 22.5 Å². The molecular formula is C25H23N5OS2. The van der Waals surface area contributed by atoms with E-state index in [1.54, 1.807) is 11.3 Å². The molecule has 5 rings (SSSR count). The third-order valence-electron chi connectivity index (χ3n) is 5.69. The second-order valence-electron chi connectivity index (χ2n) is 8.06. The topological polar surface area (TPSA) is 76.5 Å². The summed E-state index contributed by atoms with van der Waals surface area (Å²) in [5.41, 5.74) is 5.31. The van der Waals surface area contributed by atoms with Crippen LogP contribution < -0.4 is 5.56 Å². The number of hydrogen-bond acceptors (Lipinski definition) is 6. The fraction of sp³-hybridized carbons (Fsp3) is 0.200. The predicted molar refractivity (Wildman–Crippen MR) is 136 cm³/mol. The van der Waals surface area contributed by atoms with Gasteiger partial charge in [-0.2, -0.15) is 0 Å². The number of hydrogen-bond donors (Lipinski definition) is 1. The minimum Gasteiger partial charge on any atom is -0.309 e. The Morgan fingerprint density at radius 1 is 1.03 bits per heavy atom. The second-order valence-corrected chi connectivity index (χ2v) is 10.2. The van der Waals surface area contributed by atoms with Gasteiger partial charge in [-0.25, -0.2) is 4.98 Å². The lowest BCUT2D eigenvalue weighted by Gasteiger charge is -2.06. The number of rotatable bonds is 5. The summed E-state index contributed by atoms with van der Waals surface area (Å²) in [5, 5.41) is 10.2. The van der Waals surface area contributed by atoms with Crippen molar-refractivity contribution in [1.82, 2.24) is 24.7 Å². The van der Waals surface area contributed by atoms with Gasteiger partial charge in [-0.3, -0.25) is 4.79 Å². The summed E-state index contributed by atoms with van der Waals surface area (Å²) in [4.78, 5) is 22.7. The highest BCUT2D eigenvalue weighted by Gasteiger charge is 2.18. The number of aromatic nitrogens is 5. The molecule has 0 bridgehead atoms. The van der Waals surface area contributed by atoms with Crippen LogP contribution in [0.4, 0.5) is 0 Å². The molecule has 0 aliphatic rings. The summed E-state index contributed by atoms with van der Waals surface area (Å²) in [6.45, 7) is 6.17. The van der Waals surface area contributed by atoms with E-state index in [0.717, 1.165) is 42.9 Å². The molecule has 6 nitrogen and oxygen atoms in total. The highest BCUT2D eigenvalue weighted by atomic mass is 32.2. The van der Waals surface area contributed by atoms with Crippen LogP contribution in [-0.2, 0) is 12.8 Å². The second kappa shape index (κ2) is 8.61. The van der Waals surface area contributed by atoms with Crippen molar-refractivity contribution in [2.45, 2.75) is 31.7 Å². The Bertz CT molecular complexity index is 1530. The molecule has 0 aliphatic carbocycles. The summed E-state index contributed by atoms with van der Waals surface area (Å²) in [6.07, 6.45) is 0. The van der Waals surface area contributed by atoms with E-state index >= 15 is 0 Å². The van der Waals surface area contributed by atoms with Gasteiger partial charge in [0.05, 0.1) is 11.1 Å². The number of thiophene rings is 1. The monoisotopic (exact) mass is 473 g/mol. The van der Waals surface area contributed by atoms with E-state index in [9.17, 15) is 4.79 Å². The summed E-state index contributed by atoms with van der Waals surface area (Å²) in [6, 6.07) is 16.4. The number of aryl methyl sites for hydroxylation is 3. The molecule has 2 aromatic carbocycles. The van der Waals surface area contributed by atoms with Crippen molar-refractivity contribution in [3.05, 3.63) is 80.7 Å². The lowest BCUT2D eigenvalue weighted by atomic mass is 10.0. The first kappa shape index (κ1) is 21.6. The standard InChI is InChI=1S/C25H23N5OS2/c1-14-9-11-17(12-10-14)20-16(3)33-24-21(20)23(31)26-19(27-24)13-32-25-29-28-22(30(25)4)18-8-6-5-7-15(18)2/h5-12H,13H2,1-4H3,(H,26,27,31). The lowest BCUT2D eigenvalue weighted by molar-refractivity contribution is 0.792. The minimum atomic E-state index is -0.103. The number of H-pyrrole nitrogens is 1. The van der Waals surface area contributed by atoms with Crippen molar-refractivity contribution in [2.24, 2.45) is 7.05 Å². The van der Waals surface area contributed by atoms with Gasteiger partial charge in [0.15, 0.2) is 11.0 Å². The molecule has 0 aliphatic heterocycles. The lowest BCUT2D eigenvalue weighted by Crippen LogP contribution is -2.11. The zero-order chi connectivity index (χ0) is 23.1. The maximum absolute atomic E-state index is 13.0. The van der Waals surface area contributed by atoms with Crippen LogP contribution >= 0.6 is 23.1 Å². The number of fused-ring (bicyclic) bond motifs is 1. The fourth-order valence-electron chi connectivity index (χ4n) is 3.93. The van der Waals surface area contributed by atoms with Gasteiger partial charge in [0, 0.05) is 23.1 Å². The van der Waals surface area contributed by atoms with Crippen LogP contribution in [0.5, 0.6) is 0 Å². The summed E-state index contributed by atoms with van der Waals surface area (Å²) in [5.74, 6) is 1.96. The number of thioether (sulfide) groups is 1. The first-order chi connectivity index (χ1) is 15.9. The summed E-state index contributed by atoms with van der Waals surface area (Å²) < 4.78 is 1.98. The molecule has 0 saturated heterocycles. The first-order valence-corrected chi connectivity index (χ1v) is 12.4. The molecule has 0 amide bonds. The molecule has 0 unspecified atom stereocenters. The van der Waals surface area contributed by atoms with E-state index < -0.39 is 0 Å². The van der Waals surface area contributed by atoms with Crippen molar-refractivity contribution < 1.29 is 0 Å². The number of nitrogens with one attached hydrogen (secondary N) is 1. The molecule has 166 valence electrons. The van der Waals surface area contributed by atoms with E-state index in [0.29, 0.717) is 17.0 Å². The van der Waals surface area contributed by atoms with E-state index in [1.807, 2.05) is 36.7 Å². The molecule has 0 radical (unpaired) electrons. The van der Waals surface area contributed by atoms with Gasteiger partial charge in [-0.05, 0) is 31.9 Å². The maximum atomic E-state index is 13.0. The van der Waals surface area contributed by atoms with Gasteiger partial charge in [-0.15, -0.1) is 21.5 Å². The van der Waals surface area contributed by atoms with E-state index in [1.165, 1.54) is 17.3 Å². The molecule has 5 aromatic rings. The third kappa shape index (κ3) is 4.00. The van der Waals surface area contributed by atoms with Crippen LogP contribution in [0.1, 0.15) is 21.8 Å². The highest BCUT2D eigenvalue weighted by molar-refractivity contribution is 7.98. The largest absolute Gasteiger partial charge is 0.309 e. The molecular weight excluding hydrogens is 450 g/mol. The van der Waals surface area contributed by atoms with Crippen LogP contribution in [0.2, 0.25) is 0 Å². The Balaban J connectivity index is 1.44. The van der Waals surface area contributed by atoms with Crippen molar-refractivity contribution in [3.63, 3.8) is 0 Å². The Morgan fingerprint density at radius 2 is 1.79 bits per heavy atom. The Labute approximate surface area is 199 Å². The fourth-order valence-corrected chi connectivity index (χ4v) is 5.78. The van der Waals surface area contributed by atoms with Crippen LogP contribution in [0.15, 0.2) is 58.5 Å². The van der Waals surface area contributed by atoms with Gasteiger partial charge in [0.2, 0.25) is 0 Å². The number of aromatic amines is 1. The van der Waals surface area contributed by atoms with Crippen molar-refractivity contribution in [2.75, 3.05) is 0 Å². The Kier molecular flexibility index (Phi) is 5.64. The average molecular weight is 474 g/mol. The molecule has 1 N–H and O–H groups in total. The Morgan fingerprint density at radius 3 is 2.55 bits per heavy atom. The molecule has 0 saturated carbocycles. The van der Waals surface area contributed by atoms with Crippen molar-refractivity contribution >= 4 is 33.3 Å². The van der Waals surface area contributed by atoms with Crippen LogP contribution in [0.25, 0.3) is 32.7 Å². The molecule has 0 fully saturated rings. The summed E-state index contributed by atoms with van der Waals surface area (Å²) >= 11 is 3.07. The predicted octanol–water partition coefficient (Wildman–Crippen LogP) is 5.66. The number of benzene rings is 2. The zero-order valence-corrected chi connectivity index (χ0v) is 20.5. The molecule has 8 heteroatoms. The van der Waals surface area contributed by atoms with E-state index in [-0.39, 0.29) is 5.56 Å². The third-order valence-corrected chi connectivity index (χ3v) is 7.72. The van der Waals surface area contributed by atoms with Crippen molar-refractivity contribution in [1.29, 1.82) is 0 Å². The summed E-state index contributed by atoms with van der Waals surface area (Å²) in [7, 11) is 1.96. The van der Waals surface area contributed by atoms with Gasteiger partial charge >= 0.3 is 0 Å². The van der Waals surface area contributed by atoms with Crippen LogP contribution in [0.3, 0.4) is 0 Å². The van der Waals surface area contributed by atoms with Crippen LogP contribution in [0, 0.1) is 20.8 Å². The highest BCUT2D eigenvalue weighted by Crippen LogP contribution is 2.36. The molecule has 3 heterocycles. The zero-order valence-electron chi connectivity index (χ0n) is 18.8. The smallest absolute Gasteiger partial charge is 0.260 e.